The summed E-state index contributed by atoms with van der Waals surface area (Å²) in [6, 6.07) is 15.6. The lowest BCUT2D eigenvalue weighted by atomic mass is 10.1. The van der Waals surface area contributed by atoms with Crippen molar-refractivity contribution in [3.8, 4) is 11.3 Å². The average molecular weight is 546 g/mol. The Morgan fingerprint density at radius 1 is 1.06 bits per heavy atom. The summed E-state index contributed by atoms with van der Waals surface area (Å²) in [4.78, 5) is 24.3. The van der Waals surface area contributed by atoms with Crippen LogP contribution in [-0.4, -0.2) is 25.2 Å². The first-order valence-electron chi connectivity index (χ1n) is 8.96. The standard InChI is InChI=1S/C22H14Br2N2O5/c1-29-22(28)16-5-3-2-4-15(16)18-7-6-14(30-18)11-25-26-21(27)19-9-12-8-13(23)10-17(24)20(12)31-19/h2-11H,1H3,(H,26,27)/b25-11-. The van der Waals surface area contributed by atoms with Crippen molar-refractivity contribution in [1.29, 1.82) is 0 Å². The molecule has 31 heavy (non-hydrogen) atoms. The lowest BCUT2D eigenvalue weighted by Gasteiger charge is -2.04. The van der Waals surface area contributed by atoms with Crippen LogP contribution in [0.15, 0.2) is 77.5 Å². The number of esters is 1. The molecule has 0 saturated carbocycles. The van der Waals surface area contributed by atoms with Crippen molar-refractivity contribution in [2.75, 3.05) is 7.11 Å². The van der Waals surface area contributed by atoms with Crippen LogP contribution in [0.4, 0.5) is 0 Å². The SMILES string of the molecule is COC(=O)c1ccccc1-c1ccc(/C=N\NC(=O)c2cc3cc(Br)cc(Br)c3o2)o1. The van der Waals surface area contributed by atoms with Gasteiger partial charge < -0.3 is 13.6 Å². The third kappa shape index (κ3) is 4.47. The average Bonchev–Trinajstić information content (AvgIpc) is 3.40. The van der Waals surface area contributed by atoms with E-state index in [1.807, 2.05) is 12.1 Å². The van der Waals surface area contributed by atoms with Crippen LogP contribution in [0.1, 0.15) is 26.7 Å². The molecule has 1 amide bonds. The topological polar surface area (TPSA) is 94.0 Å². The molecule has 0 radical (unpaired) electrons. The minimum atomic E-state index is -0.502. The zero-order valence-corrected chi connectivity index (χ0v) is 19.2. The predicted molar refractivity (Wildman–Crippen MR) is 122 cm³/mol. The molecule has 0 atom stereocenters. The molecule has 7 nitrogen and oxygen atoms in total. The first kappa shape index (κ1) is 21.1. The van der Waals surface area contributed by atoms with Gasteiger partial charge in [-0.25, -0.2) is 10.2 Å². The van der Waals surface area contributed by atoms with Crippen LogP contribution in [0.2, 0.25) is 0 Å². The Morgan fingerprint density at radius 2 is 1.87 bits per heavy atom. The molecular weight excluding hydrogens is 532 g/mol. The first-order valence-corrected chi connectivity index (χ1v) is 10.5. The second kappa shape index (κ2) is 8.91. The number of nitrogens with zero attached hydrogens (tertiary/aromatic N) is 1. The summed E-state index contributed by atoms with van der Waals surface area (Å²) in [6.07, 6.45) is 1.36. The van der Waals surface area contributed by atoms with Crippen molar-refractivity contribution in [1.82, 2.24) is 5.43 Å². The summed E-state index contributed by atoms with van der Waals surface area (Å²) in [5.74, 6) is 0.0306. The van der Waals surface area contributed by atoms with Gasteiger partial charge in [0.15, 0.2) is 5.76 Å². The molecule has 1 N–H and O–H groups in total. The Balaban J connectivity index is 1.49. The Kier molecular flexibility index (Phi) is 6.06. The molecule has 0 aliphatic rings. The van der Waals surface area contributed by atoms with E-state index in [4.69, 9.17) is 13.6 Å². The van der Waals surface area contributed by atoms with Crippen molar-refractivity contribution in [2.24, 2.45) is 5.10 Å². The summed E-state index contributed by atoms with van der Waals surface area (Å²) < 4.78 is 17.7. The number of benzene rings is 2. The molecule has 0 saturated heterocycles. The highest BCUT2D eigenvalue weighted by molar-refractivity contribution is 9.11. The van der Waals surface area contributed by atoms with Crippen LogP contribution in [0.3, 0.4) is 0 Å². The number of fused-ring (bicyclic) bond motifs is 1. The number of methoxy groups -OCH3 is 1. The molecule has 0 aliphatic heterocycles. The number of hydrogen-bond acceptors (Lipinski definition) is 6. The molecule has 0 spiro atoms. The van der Waals surface area contributed by atoms with Crippen LogP contribution in [-0.2, 0) is 4.74 Å². The molecule has 0 unspecified atom stereocenters. The Hall–Kier alpha value is -3.17. The summed E-state index contributed by atoms with van der Waals surface area (Å²) in [7, 11) is 1.32. The molecule has 2 aromatic heterocycles. The third-order valence-electron chi connectivity index (χ3n) is 4.34. The predicted octanol–water partition coefficient (Wildman–Crippen LogP) is 5.77. The molecular formula is C22H14Br2N2O5. The van der Waals surface area contributed by atoms with E-state index in [1.165, 1.54) is 13.3 Å². The van der Waals surface area contributed by atoms with Crippen molar-refractivity contribution >= 4 is 60.9 Å². The fourth-order valence-corrected chi connectivity index (χ4v) is 4.29. The van der Waals surface area contributed by atoms with Gasteiger partial charge in [0.25, 0.3) is 0 Å². The van der Waals surface area contributed by atoms with Crippen molar-refractivity contribution in [2.45, 2.75) is 0 Å². The van der Waals surface area contributed by atoms with E-state index in [1.54, 1.807) is 42.5 Å². The van der Waals surface area contributed by atoms with E-state index >= 15 is 0 Å². The highest BCUT2D eigenvalue weighted by Gasteiger charge is 2.16. The Labute approximate surface area is 193 Å². The molecule has 2 aromatic carbocycles. The van der Waals surface area contributed by atoms with Crippen molar-refractivity contribution < 1.29 is 23.2 Å². The van der Waals surface area contributed by atoms with Gasteiger partial charge in [0.2, 0.25) is 0 Å². The number of hydrazone groups is 1. The quantitative estimate of drug-likeness (QED) is 0.195. The number of halogens is 2. The van der Waals surface area contributed by atoms with E-state index in [-0.39, 0.29) is 5.76 Å². The summed E-state index contributed by atoms with van der Waals surface area (Å²) in [6.45, 7) is 0. The number of furan rings is 2. The summed E-state index contributed by atoms with van der Waals surface area (Å²) in [5.41, 5.74) is 3.96. The smallest absolute Gasteiger partial charge is 0.338 e. The zero-order chi connectivity index (χ0) is 22.0. The lowest BCUT2D eigenvalue weighted by Crippen LogP contribution is -2.16. The molecule has 0 bridgehead atoms. The molecule has 0 fully saturated rings. The lowest BCUT2D eigenvalue weighted by molar-refractivity contribution is 0.0601. The van der Waals surface area contributed by atoms with Crippen molar-refractivity contribution in [3.63, 3.8) is 0 Å². The number of carbonyl (C=O) groups is 2. The second-order valence-corrected chi connectivity index (χ2v) is 8.12. The Bertz CT molecular complexity index is 1320. The monoisotopic (exact) mass is 544 g/mol. The van der Waals surface area contributed by atoms with E-state index in [2.05, 4.69) is 42.4 Å². The molecule has 156 valence electrons. The van der Waals surface area contributed by atoms with Crippen molar-refractivity contribution in [3.05, 3.63) is 80.6 Å². The van der Waals surface area contributed by atoms with Gasteiger partial charge in [-0.3, -0.25) is 4.79 Å². The van der Waals surface area contributed by atoms with Gasteiger partial charge in [-0.15, -0.1) is 0 Å². The van der Waals surface area contributed by atoms with Crippen LogP contribution < -0.4 is 5.43 Å². The largest absolute Gasteiger partial charge is 0.465 e. The van der Waals surface area contributed by atoms with Crippen LogP contribution in [0.5, 0.6) is 0 Å². The normalized spacial score (nSPS) is 11.2. The van der Waals surface area contributed by atoms with Gasteiger partial charge in [0, 0.05) is 15.4 Å². The van der Waals surface area contributed by atoms with Gasteiger partial charge in [-0.05, 0) is 52.3 Å². The maximum Gasteiger partial charge on any atom is 0.338 e. The maximum atomic E-state index is 12.4. The van der Waals surface area contributed by atoms with Gasteiger partial charge in [-0.2, -0.15) is 5.10 Å². The molecule has 4 aromatic rings. The van der Waals surface area contributed by atoms with E-state index < -0.39 is 11.9 Å². The number of amides is 1. The molecule has 9 heteroatoms. The third-order valence-corrected chi connectivity index (χ3v) is 5.39. The zero-order valence-electron chi connectivity index (χ0n) is 16.0. The fraction of sp³-hybridized carbons (Fsp3) is 0.0455. The molecule has 2 heterocycles. The number of rotatable bonds is 5. The molecule has 0 aliphatic carbocycles. The minimum absolute atomic E-state index is 0.123. The highest BCUT2D eigenvalue weighted by atomic mass is 79.9. The first-order chi connectivity index (χ1) is 15.0. The van der Waals surface area contributed by atoms with Crippen LogP contribution in [0, 0.1) is 0 Å². The van der Waals surface area contributed by atoms with Gasteiger partial charge in [-0.1, -0.05) is 34.1 Å². The minimum Gasteiger partial charge on any atom is -0.465 e. The van der Waals surface area contributed by atoms with E-state index in [0.717, 1.165) is 14.3 Å². The summed E-state index contributed by atoms with van der Waals surface area (Å²) >= 11 is 6.81. The Morgan fingerprint density at radius 3 is 2.68 bits per heavy atom. The van der Waals surface area contributed by atoms with Gasteiger partial charge in [0.05, 0.1) is 23.4 Å². The number of carbonyl (C=O) groups excluding carboxylic acids is 2. The second-order valence-electron chi connectivity index (χ2n) is 6.35. The number of ether oxygens (including phenoxy) is 1. The summed E-state index contributed by atoms with van der Waals surface area (Å²) in [5, 5.41) is 4.69. The van der Waals surface area contributed by atoms with E-state index in [0.29, 0.717) is 28.2 Å². The fourth-order valence-electron chi connectivity index (χ4n) is 2.95. The van der Waals surface area contributed by atoms with Crippen LogP contribution in [0.25, 0.3) is 22.3 Å². The maximum absolute atomic E-state index is 12.4. The van der Waals surface area contributed by atoms with Gasteiger partial charge in [0.1, 0.15) is 17.1 Å². The van der Waals surface area contributed by atoms with E-state index in [9.17, 15) is 9.59 Å². The highest BCUT2D eigenvalue weighted by Crippen LogP contribution is 2.31. The van der Waals surface area contributed by atoms with Gasteiger partial charge >= 0.3 is 11.9 Å². The van der Waals surface area contributed by atoms with Crippen LogP contribution >= 0.6 is 31.9 Å². The number of nitrogens with one attached hydrogen (secondary N) is 1. The molecule has 4 rings (SSSR count). The number of hydrogen-bond donors (Lipinski definition) is 1.